The second-order valence-corrected chi connectivity index (χ2v) is 4.31. The molecule has 19 heavy (non-hydrogen) atoms. The first-order chi connectivity index (χ1) is 9.06. The van der Waals surface area contributed by atoms with Crippen molar-refractivity contribution in [3.8, 4) is 0 Å². The molecule has 2 aromatic rings. The lowest BCUT2D eigenvalue weighted by Crippen LogP contribution is -2.15. The van der Waals surface area contributed by atoms with Crippen LogP contribution in [-0.4, -0.2) is 10.9 Å². The van der Waals surface area contributed by atoms with E-state index in [-0.39, 0.29) is 17.5 Å². The molecule has 0 saturated heterocycles. The van der Waals surface area contributed by atoms with E-state index in [0.717, 1.165) is 5.56 Å². The van der Waals surface area contributed by atoms with Crippen LogP contribution in [0.15, 0.2) is 47.4 Å². The van der Waals surface area contributed by atoms with Gasteiger partial charge in [-0.2, -0.15) is 0 Å². The number of nitrogens with two attached hydrogens (primary N) is 1. The highest BCUT2D eigenvalue weighted by Crippen LogP contribution is 2.16. The number of H-pyrrole nitrogens is 1. The first-order valence-corrected chi connectivity index (χ1v) is 5.92. The zero-order chi connectivity index (χ0) is 13.8. The fourth-order valence-corrected chi connectivity index (χ4v) is 1.65. The Balaban J connectivity index is 2.17. The number of carbonyl (C=O) groups excluding carboxylic acids is 1. The minimum atomic E-state index is -0.280. The fourth-order valence-electron chi connectivity index (χ4n) is 1.65. The van der Waals surface area contributed by atoms with Gasteiger partial charge in [0.15, 0.2) is 0 Å². The van der Waals surface area contributed by atoms with E-state index < -0.39 is 0 Å². The average Bonchev–Trinajstić information content (AvgIpc) is 2.39. The summed E-state index contributed by atoms with van der Waals surface area (Å²) < 4.78 is 0. The highest BCUT2D eigenvalue weighted by atomic mass is 16.1. The number of nitrogens with one attached hydrogen (secondary N) is 2. The van der Waals surface area contributed by atoms with Crippen molar-refractivity contribution in [3.63, 3.8) is 0 Å². The molecule has 4 N–H and O–H groups in total. The molecule has 5 nitrogen and oxygen atoms in total. The van der Waals surface area contributed by atoms with Gasteiger partial charge in [0, 0.05) is 24.0 Å². The van der Waals surface area contributed by atoms with Crippen LogP contribution in [0.2, 0.25) is 0 Å². The third-order valence-electron chi connectivity index (χ3n) is 2.72. The number of pyridine rings is 1. The Labute approximate surface area is 110 Å². The minimum absolute atomic E-state index is 0.0927. The molecule has 0 aliphatic heterocycles. The molecule has 1 heterocycles. The summed E-state index contributed by atoms with van der Waals surface area (Å²) in [5.74, 6) is -0.280. The van der Waals surface area contributed by atoms with Gasteiger partial charge in [-0.25, -0.2) is 0 Å². The van der Waals surface area contributed by atoms with Gasteiger partial charge >= 0.3 is 0 Å². The molecule has 0 aliphatic rings. The van der Waals surface area contributed by atoms with Crippen LogP contribution in [0.25, 0.3) is 0 Å². The number of hydrogen-bond acceptors (Lipinski definition) is 3. The fraction of sp³-hybridized carbons (Fsp3) is 0.143. The molecule has 0 bridgehead atoms. The van der Waals surface area contributed by atoms with Gasteiger partial charge in [0.25, 0.3) is 5.91 Å². The zero-order valence-electron chi connectivity index (χ0n) is 10.5. The summed E-state index contributed by atoms with van der Waals surface area (Å²) in [5.41, 5.74) is 7.56. The molecule has 5 heteroatoms. The van der Waals surface area contributed by atoms with Crippen LogP contribution in [0.1, 0.15) is 28.9 Å². The maximum Gasteiger partial charge on any atom is 0.257 e. The topological polar surface area (TPSA) is 88.0 Å². The van der Waals surface area contributed by atoms with Crippen molar-refractivity contribution in [1.29, 1.82) is 0 Å². The Morgan fingerprint density at radius 2 is 2.11 bits per heavy atom. The van der Waals surface area contributed by atoms with Crippen LogP contribution in [-0.2, 0) is 0 Å². The van der Waals surface area contributed by atoms with Crippen molar-refractivity contribution in [2.45, 2.75) is 13.0 Å². The summed E-state index contributed by atoms with van der Waals surface area (Å²) >= 11 is 0. The van der Waals surface area contributed by atoms with Gasteiger partial charge in [-0.05, 0) is 30.7 Å². The summed E-state index contributed by atoms with van der Waals surface area (Å²) in [6, 6.07) is 10.0. The highest BCUT2D eigenvalue weighted by Gasteiger charge is 2.07. The van der Waals surface area contributed by atoms with E-state index in [9.17, 15) is 9.59 Å². The third-order valence-corrected chi connectivity index (χ3v) is 2.72. The first-order valence-electron chi connectivity index (χ1n) is 5.92. The van der Waals surface area contributed by atoms with Gasteiger partial charge in [0.05, 0.1) is 5.56 Å². The van der Waals surface area contributed by atoms with Crippen LogP contribution in [0.4, 0.5) is 5.69 Å². The summed E-state index contributed by atoms with van der Waals surface area (Å²) in [4.78, 5) is 25.3. The minimum Gasteiger partial charge on any atom is -0.328 e. The van der Waals surface area contributed by atoms with Gasteiger partial charge in [-0.1, -0.05) is 12.1 Å². The van der Waals surface area contributed by atoms with E-state index in [4.69, 9.17) is 5.73 Å². The predicted octanol–water partition coefficient (Wildman–Crippen LogP) is 1.65. The number of benzene rings is 1. The quantitative estimate of drug-likeness (QED) is 0.781. The Kier molecular flexibility index (Phi) is 3.77. The molecule has 1 amide bonds. The molecule has 0 spiro atoms. The molecule has 1 aromatic heterocycles. The normalized spacial score (nSPS) is 11.9. The Hall–Kier alpha value is -2.40. The molecule has 98 valence electrons. The summed E-state index contributed by atoms with van der Waals surface area (Å²) in [7, 11) is 0. The molecule has 0 saturated carbocycles. The van der Waals surface area contributed by atoms with Crippen molar-refractivity contribution in [1.82, 2.24) is 4.98 Å². The van der Waals surface area contributed by atoms with E-state index in [1.807, 2.05) is 25.1 Å². The highest BCUT2D eigenvalue weighted by molar-refractivity contribution is 6.04. The van der Waals surface area contributed by atoms with Crippen LogP contribution in [0, 0.1) is 0 Å². The van der Waals surface area contributed by atoms with Crippen LogP contribution in [0.3, 0.4) is 0 Å². The van der Waals surface area contributed by atoms with Crippen molar-refractivity contribution < 1.29 is 4.79 Å². The molecular formula is C14H15N3O2. The molecule has 1 atom stereocenters. The molecule has 0 radical (unpaired) electrons. The van der Waals surface area contributed by atoms with E-state index >= 15 is 0 Å². The van der Waals surface area contributed by atoms with E-state index in [2.05, 4.69) is 10.3 Å². The van der Waals surface area contributed by atoms with E-state index in [1.165, 1.54) is 18.3 Å². The van der Waals surface area contributed by atoms with Crippen LogP contribution < -0.4 is 16.6 Å². The second-order valence-electron chi connectivity index (χ2n) is 4.31. The van der Waals surface area contributed by atoms with E-state index in [1.54, 1.807) is 6.07 Å². The summed E-state index contributed by atoms with van der Waals surface area (Å²) in [6.45, 7) is 1.88. The summed E-state index contributed by atoms with van der Waals surface area (Å²) in [5, 5.41) is 2.76. The number of aromatic nitrogens is 1. The number of carbonyl (C=O) groups is 1. The van der Waals surface area contributed by atoms with E-state index in [0.29, 0.717) is 11.3 Å². The number of rotatable bonds is 3. The smallest absolute Gasteiger partial charge is 0.257 e. The van der Waals surface area contributed by atoms with Crippen LogP contribution in [0.5, 0.6) is 0 Å². The lowest BCUT2D eigenvalue weighted by atomic mass is 10.1. The van der Waals surface area contributed by atoms with Gasteiger partial charge < -0.3 is 16.0 Å². The molecule has 1 unspecified atom stereocenters. The second kappa shape index (κ2) is 5.49. The van der Waals surface area contributed by atoms with Crippen molar-refractivity contribution >= 4 is 11.6 Å². The maximum absolute atomic E-state index is 11.9. The van der Waals surface area contributed by atoms with Crippen molar-refractivity contribution in [2.75, 3.05) is 5.32 Å². The zero-order valence-corrected chi connectivity index (χ0v) is 10.5. The van der Waals surface area contributed by atoms with Gasteiger partial charge in [0.2, 0.25) is 5.56 Å². The van der Waals surface area contributed by atoms with Crippen LogP contribution >= 0.6 is 0 Å². The molecule has 0 aliphatic carbocycles. The SMILES string of the molecule is CC(N)c1cccc(NC(=O)c2ccc(=O)[nH]c2)c1. The van der Waals surface area contributed by atoms with Crippen molar-refractivity contribution in [3.05, 3.63) is 64.1 Å². The standard InChI is InChI=1S/C14H15N3O2/c1-9(15)10-3-2-4-12(7-10)17-14(19)11-5-6-13(18)16-8-11/h2-9H,15H2,1H3,(H,16,18)(H,17,19). The average molecular weight is 257 g/mol. The lowest BCUT2D eigenvalue weighted by Gasteiger charge is -2.09. The predicted molar refractivity (Wildman–Crippen MR) is 74.1 cm³/mol. The Morgan fingerprint density at radius 3 is 2.74 bits per heavy atom. The molecule has 2 rings (SSSR count). The maximum atomic E-state index is 11.9. The molecule has 0 fully saturated rings. The van der Waals surface area contributed by atoms with Gasteiger partial charge in [0.1, 0.15) is 0 Å². The summed E-state index contributed by atoms with van der Waals surface area (Å²) in [6.07, 6.45) is 1.38. The number of amides is 1. The first kappa shape index (κ1) is 13.0. The lowest BCUT2D eigenvalue weighted by molar-refractivity contribution is 0.102. The number of hydrogen-bond donors (Lipinski definition) is 3. The Morgan fingerprint density at radius 1 is 1.32 bits per heavy atom. The largest absolute Gasteiger partial charge is 0.328 e. The third kappa shape index (κ3) is 3.29. The van der Waals surface area contributed by atoms with Gasteiger partial charge in [-0.15, -0.1) is 0 Å². The number of anilines is 1. The van der Waals surface area contributed by atoms with Gasteiger partial charge in [-0.3, -0.25) is 9.59 Å². The molecule has 1 aromatic carbocycles. The van der Waals surface area contributed by atoms with Crippen molar-refractivity contribution in [2.24, 2.45) is 5.73 Å². The Bertz CT molecular complexity index is 627. The monoisotopic (exact) mass is 257 g/mol. The number of aromatic amines is 1. The molecular weight excluding hydrogens is 242 g/mol.